The van der Waals surface area contributed by atoms with E-state index in [4.69, 9.17) is 5.73 Å². The van der Waals surface area contributed by atoms with Crippen molar-refractivity contribution < 1.29 is 9.72 Å². The smallest absolute Gasteiger partial charge is 0.287 e. The molecule has 2 rings (SSSR count). The van der Waals surface area contributed by atoms with Crippen LogP contribution in [0.4, 0.5) is 17.2 Å². The lowest BCUT2D eigenvalue weighted by atomic mass is 10.2. The van der Waals surface area contributed by atoms with Crippen LogP contribution >= 0.6 is 0 Å². The summed E-state index contributed by atoms with van der Waals surface area (Å²) in [5, 5.41) is 16.2. The first-order valence-corrected chi connectivity index (χ1v) is 6.56. The van der Waals surface area contributed by atoms with E-state index in [-0.39, 0.29) is 11.6 Å². The first-order chi connectivity index (χ1) is 10.6. The van der Waals surface area contributed by atoms with Crippen LogP contribution < -0.4 is 16.4 Å². The number of benzene rings is 1. The molecule has 0 saturated heterocycles. The Hall–Kier alpha value is -3.00. The molecule has 8 nitrogen and oxygen atoms in total. The molecule has 0 fully saturated rings. The summed E-state index contributed by atoms with van der Waals surface area (Å²) in [6.07, 6.45) is 1.18. The van der Waals surface area contributed by atoms with Gasteiger partial charge in [0.1, 0.15) is 12.0 Å². The normalized spacial score (nSPS) is 10.0. The van der Waals surface area contributed by atoms with Crippen molar-refractivity contribution in [1.29, 1.82) is 0 Å². The van der Waals surface area contributed by atoms with E-state index in [0.29, 0.717) is 24.5 Å². The van der Waals surface area contributed by atoms with E-state index < -0.39 is 4.92 Å². The fourth-order valence-electron chi connectivity index (χ4n) is 1.71. The maximum absolute atomic E-state index is 11.7. The summed E-state index contributed by atoms with van der Waals surface area (Å²) < 4.78 is 0. The van der Waals surface area contributed by atoms with Crippen molar-refractivity contribution >= 4 is 23.1 Å². The van der Waals surface area contributed by atoms with Crippen LogP contribution in [0, 0.1) is 10.1 Å². The Morgan fingerprint density at radius 2 is 1.95 bits per heavy atom. The molecule has 0 saturated carbocycles. The van der Waals surface area contributed by atoms with Crippen molar-refractivity contribution in [2.45, 2.75) is 0 Å². The lowest BCUT2D eigenvalue weighted by Gasteiger charge is -2.07. The van der Waals surface area contributed by atoms with Gasteiger partial charge in [-0.3, -0.25) is 14.9 Å². The largest absolute Gasteiger partial charge is 0.351 e. The van der Waals surface area contributed by atoms with E-state index >= 15 is 0 Å². The van der Waals surface area contributed by atoms with E-state index in [1.807, 2.05) is 0 Å². The number of carbonyl (C=O) groups is 1. The van der Waals surface area contributed by atoms with E-state index in [9.17, 15) is 14.9 Å². The lowest BCUT2D eigenvalue weighted by molar-refractivity contribution is -0.385. The number of aromatic nitrogens is 1. The van der Waals surface area contributed by atoms with Crippen LogP contribution in [0.2, 0.25) is 0 Å². The molecule has 0 unspecified atom stereocenters. The van der Waals surface area contributed by atoms with Gasteiger partial charge in [-0.2, -0.15) is 0 Å². The minimum Gasteiger partial charge on any atom is -0.351 e. The predicted octanol–water partition coefficient (Wildman–Crippen LogP) is 1.42. The standard InChI is InChI=1S/C14H15N5O3/c15-7-8-16-14(20)10-1-3-11(4-2-10)18-13-6-5-12(9-17-13)19(21)22/h1-6,9H,7-8,15H2,(H,16,20)(H,17,18). The topological polar surface area (TPSA) is 123 Å². The molecule has 0 bridgehead atoms. The number of pyridine rings is 1. The van der Waals surface area contributed by atoms with Gasteiger partial charge in [-0.15, -0.1) is 0 Å². The van der Waals surface area contributed by atoms with Gasteiger partial charge in [0.05, 0.1) is 4.92 Å². The number of anilines is 2. The number of hydrogen-bond donors (Lipinski definition) is 3. The summed E-state index contributed by atoms with van der Waals surface area (Å²) in [5.41, 5.74) is 6.49. The number of carbonyl (C=O) groups excluding carboxylic acids is 1. The van der Waals surface area contributed by atoms with E-state index in [0.717, 1.165) is 5.69 Å². The van der Waals surface area contributed by atoms with Crippen LogP contribution in [-0.2, 0) is 0 Å². The molecule has 0 aliphatic heterocycles. The quantitative estimate of drug-likeness (QED) is 0.547. The summed E-state index contributed by atoms with van der Waals surface area (Å²) >= 11 is 0. The maximum Gasteiger partial charge on any atom is 0.287 e. The zero-order valence-electron chi connectivity index (χ0n) is 11.7. The molecule has 114 valence electrons. The van der Waals surface area contributed by atoms with Crippen molar-refractivity contribution in [3.05, 3.63) is 58.3 Å². The minimum absolute atomic E-state index is 0.0718. The molecule has 1 amide bonds. The summed E-state index contributed by atoms with van der Waals surface area (Å²) in [5.74, 6) is 0.288. The van der Waals surface area contributed by atoms with Gasteiger partial charge in [0, 0.05) is 30.4 Å². The average molecular weight is 301 g/mol. The first-order valence-electron chi connectivity index (χ1n) is 6.56. The Kier molecular flexibility index (Phi) is 4.99. The molecular formula is C14H15N5O3. The number of nitrogens with two attached hydrogens (primary N) is 1. The molecule has 4 N–H and O–H groups in total. The second-order valence-corrected chi connectivity index (χ2v) is 4.41. The van der Waals surface area contributed by atoms with Crippen molar-refractivity contribution in [3.63, 3.8) is 0 Å². The predicted molar refractivity (Wildman–Crippen MR) is 82.0 cm³/mol. The van der Waals surface area contributed by atoms with Crippen molar-refractivity contribution in [3.8, 4) is 0 Å². The molecule has 0 aliphatic rings. The number of nitrogens with zero attached hydrogens (tertiary/aromatic N) is 2. The Morgan fingerprint density at radius 3 is 2.50 bits per heavy atom. The minimum atomic E-state index is -0.508. The highest BCUT2D eigenvalue weighted by Crippen LogP contribution is 2.17. The number of nitrogens with one attached hydrogen (secondary N) is 2. The summed E-state index contributed by atoms with van der Waals surface area (Å²) in [4.78, 5) is 25.7. The lowest BCUT2D eigenvalue weighted by Crippen LogP contribution is -2.28. The molecule has 1 aromatic carbocycles. The van der Waals surface area contributed by atoms with Gasteiger partial charge in [0.15, 0.2) is 0 Å². The third kappa shape index (κ3) is 4.00. The van der Waals surface area contributed by atoms with Crippen molar-refractivity contribution in [2.75, 3.05) is 18.4 Å². The van der Waals surface area contributed by atoms with Crippen molar-refractivity contribution in [2.24, 2.45) is 5.73 Å². The highest BCUT2D eigenvalue weighted by Gasteiger charge is 2.06. The molecule has 1 aromatic heterocycles. The molecule has 0 radical (unpaired) electrons. The summed E-state index contributed by atoms with van der Waals surface area (Å²) in [7, 11) is 0. The van der Waals surface area contributed by atoms with E-state index in [1.54, 1.807) is 24.3 Å². The zero-order chi connectivity index (χ0) is 15.9. The van der Waals surface area contributed by atoms with Gasteiger partial charge in [-0.1, -0.05) is 0 Å². The number of rotatable bonds is 6. The number of hydrogen-bond acceptors (Lipinski definition) is 6. The Labute approximate surface area is 126 Å². The maximum atomic E-state index is 11.7. The summed E-state index contributed by atoms with van der Waals surface area (Å²) in [6, 6.07) is 9.66. The van der Waals surface area contributed by atoms with E-state index in [1.165, 1.54) is 18.3 Å². The van der Waals surface area contributed by atoms with Gasteiger partial charge in [-0.25, -0.2) is 4.98 Å². The van der Waals surface area contributed by atoms with Gasteiger partial charge in [0.2, 0.25) is 0 Å². The fraction of sp³-hybridized carbons (Fsp3) is 0.143. The van der Waals surface area contributed by atoms with Crippen LogP contribution in [-0.4, -0.2) is 28.9 Å². The molecule has 8 heteroatoms. The third-order valence-corrected chi connectivity index (χ3v) is 2.81. The number of nitro groups is 1. The van der Waals surface area contributed by atoms with Gasteiger partial charge < -0.3 is 16.4 Å². The third-order valence-electron chi connectivity index (χ3n) is 2.81. The van der Waals surface area contributed by atoms with E-state index in [2.05, 4.69) is 15.6 Å². The molecule has 0 atom stereocenters. The Bertz CT molecular complexity index is 655. The first kappa shape index (κ1) is 15.4. The Morgan fingerprint density at radius 1 is 1.23 bits per heavy atom. The molecule has 0 aliphatic carbocycles. The number of amides is 1. The van der Waals surface area contributed by atoms with Crippen molar-refractivity contribution in [1.82, 2.24) is 10.3 Å². The molecule has 22 heavy (non-hydrogen) atoms. The highest BCUT2D eigenvalue weighted by molar-refractivity contribution is 5.94. The monoisotopic (exact) mass is 301 g/mol. The fourth-order valence-corrected chi connectivity index (χ4v) is 1.71. The molecule has 0 spiro atoms. The average Bonchev–Trinajstić information content (AvgIpc) is 2.54. The SMILES string of the molecule is NCCNC(=O)c1ccc(Nc2ccc([N+](=O)[O-])cn2)cc1. The van der Waals surface area contributed by atoms with Crippen LogP contribution in [0.15, 0.2) is 42.6 Å². The van der Waals surface area contributed by atoms with Gasteiger partial charge in [-0.05, 0) is 30.3 Å². The van der Waals surface area contributed by atoms with Gasteiger partial charge in [0.25, 0.3) is 11.6 Å². The summed E-state index contributed by atoms with van der Waals surface area (Å²) in [6.45, 7) is 0.808. The van der Waals surface area contributed by atoms with Crippen LogP contribution in [0.3, 0.4) is 0 Å². The van der Waals surface area contributed by atoms with Crippen LogP contribution in [0.1, 0.15) is 10.4 Å². The molecular weight excluding hydrogens is 286 g/mol. The van der Waals surface area contributed by atoms with Crippen LogP contribution in [0.25, 0.3) is 0 Å². The second kappa shape index (κ2) is 7.14. The van der Waals surface area contributed by atoms with Gasteiger partial charge >= 0.3 is 0 Å². The van der Waals surface area contributed by atoms with Crippen LogP contribution in [0.5, 0.6) is 0 Å². The zero-order valence-corrected chi connectivity index (χ0v) is 11.7. The Balaban J connectivity index is 2.01. The molecule has 2 aromatic rings. The second-order valence-electron chi connectivity index (χ2n) is 4.41. The highest BCUT2D eigenvalue weighted by atomic mass is 16.6. The molecule has 1 heterocycles.